The van der Waals surface area contributed by atoms with Crippen LogP contribution in [0.15, 0.2) is 36.5 Å². The van der Waals surface area contributed by atoms with Crippen LogP contribution in [0, 0.1) is 0 Å². The molecule has 2 rings (SSSR count). The second-order valence-corrected chi connectivity index (χ2v) is 7.40. The maximum absolute atomic E-state index is 12.2. The summed E-state index contributed by atoms with van der Waals surface area (Å²) in [6.07, 6.45) is -5.27. The van der Waals surface area contributed by atoms with Gasteiger partial charge in [0.05, 0.1) is 11.8 Å². The number of rotatable bonds is 5. The molecular weight excluding hydrogens is 473 g/mol. The molecule has 0 aliphatic rings. The monoisotopic (exact) mass is 487 g/mol. The van der Waals surface area contributed by atoms with E-state index >= 15 is 0 Å². The lowest BCUT2D eigenvalue weighted by atomic mass is 10.1. The van der Waals surface area contributed by atoms with Gasteiger partial charge < -0.3 is 4.74 Å². The molecule has 176 valence electrons. The van der Waals surface area contributed by atoms with Crippen LogP contribution in [0.3, 0.4) is 0 Å². The van der Waals surface area contributed by atoms with E-state index in [9.17, 15) is 47.9 Å². The van der Waals surface area contributed by atoms with E-state index in [0.29, 0.717) is 0 Å². The van der Waals surface area contributed by atoms with Crippen molar-refractivity contribution in [3.8, 4) is 0 Å². The summed E-state index contributed by atoms with van der Waals surface area (Å²) in [5.41, 5.74) is 1.01. The number of methoxy groups -OCH3 is 1. The molecule has 1 heterocycles. The molecule has 0 saturated carbocycles. The Labute approximate surface area is 169 Å². The smallest absolute Gasteiger partial charge is 0.375 e. The first kappa shape index (κ1) is 26.9. The Bertz CT molecular complexity index is 1000. The number of hydrogen-bond donors (Lipinski definition) is 1. The molecule has 31 heavy (non-hydrogen) atoms. The predicted octanol–water partition coefficient (Wildman–Crippen LogP) is 5.24. The molecule has 0 bridgehead atoms. The van der Waals surface area contributed by atoms with Crippen molar-refractivity contribution in [2.24, 2.45) is 0 Å². The molecule has 15 heteroatoms. The maximum Gasteiger partial charge on any atom is 0.460 e. The molecule has 2 aromatic rings. The minimum Gasteiger partial charge on any atom is -0.375 e. The summed E-state index contributed by atoms with van der Waals surface area (Å²) in [5.74, 6) is -14.7. The normalized spacial score (nSPS) is 14.7. The van der Waals surface area contributed by atoms with Gasteiger partial charge in [-0.1, -0.05) is 24.3 Å². The zero-order chi connectivity index (χ0) is 24.5. The van der Waals surface area contributed by atoms with Crippen LogP contribution in [0.2, 0.25) is 0 Å². The first-order chi connectivity index (χ1) is 13.8. The van der Waals surface area contributed by atoms with E-state index in [2.05, 4.69) is 17.1 Å². The van der Waals surface area contributed by atoms with Crippen molar-refractivity contribution in [1.29, 1.82) is 0 Å². The van der Waals surface area contributed by atoms with Gasteiger partial charge in [0, 0.05) is 18.7 Å². The minimum atomic E-state index is -7.37. The number of aromatic nitrogens is 1. The topological polar surface area (TPSA) is 76.5 Å². The Morgan fingerprint density at radius 3 is 1.90 bits per heavy atom. The Morgan fingerprint density at radius 2 is 1.45 bits per heavy atom. The van der Waals surface area contributed by atoms with Gasteiger partial charge in [-0.05, 0) is 18.4 Å². The van der Waals surface area contributed by atoms with Crippen LogP contribution in [0.4, 0.5) is 39.5 Å². The number of hydrogen-bond acceptors (Lipinski definition) is 4. The van der Waals surface area contributed by atoms with Gasteiger partial charge in [0.25, 0.3) is 0 Å². The van der Waals surface area contributed by atoms with Crippen molar-refractivity contribution in [2.75, 3.05) is 7.11 Å². The highest BCUT2D eigenvalue weighted by Gasteiger charge is 2.85. The Kier molecular flexibility index (Phi) is 7.62. The third kappa shape index (κ3) is 5.03. The summed E-state index contributed by atoms with van der Waals surface area (Å²) in [4.78, 5) is 4.35. The quantitative estimate of drug-likeness (QED) is 0.461. The molecule has 1 atom stereocenters. The molecular formula is C16H14F9NO4S. The van der Waals surface area contributed by atoms with E-state index in [1.807, 2.05) is 31.3 Å². The Morgan fingerprint density at radius 1 is 0.935 bits per heavy atom. The number of halogens is 9. The summed E-state index contributed by atoms with van der Waals surface area (Å²) in [6.45, 7) is 2.01. The second kappa shape index (κ2) is 8.78. The highest BCUT2D eigenvalue weighted by atomic mass is 32.2. The van der Waals surface area contributed by atoms with Crippen LogP contribution in [0.1, 0.15) is 18.7 Å². The largest absolute Gasteiger partial charge is 0.460 e. The van der Waals surface area contributed by atoms with E-state index in [0.717, 1.165) is 5.69 Å². The molecule has 0 aliphatic heterocycles. The molecule has 1 N–H and O–H groups in total. The third-order valence-corrected chi connectivity index (χ3v) is 4.79. The lowest BCUT2D eigenvalue weighted by molar-refractivity contribution is -0.382. The molecule has 1 aromatic heterocycles. The fraction of sp³-hybridized carbons (Fsp3) is 0.438. The predicted molar refractivity (Wildman–Crippen MR) is 89.6 cm³/mol. The second-order valence-electron chi connectivity index (χ2n) is 5.93. The van der Waals surface area contributed by atoms with E-state index in [1.165, 1.54) is 10.8 Å². The van der Waals surface area contributed by atoms with Crippen molar-refractivity contribution in [1.82, 2.24) is 4.98 Å². The molecule has 0 radical (unpaired) electrons. The fourth-order valence-electron chi connectivity index (χ4n) is 2.10. The van der Waals surface area contributed by atoms with Crippen molar-refractivity contribution in [3.63, 3.8) is 0 Å². The summed E-state index contributed by atoms with van der Waals surface area (Å²) in [6, 6.07) is 10.2. The van der Waals surface area contributed by atoms with Gasteiger partial charge in [-0.25, -0.2) is 0 Å². The van der Waals surface area contributed by atoms with Gasteiger partial charge in [0.2, 0.25) is 0 Å². The van der Waals surface area contributed by atoms with E-state index in [4.69, 9.17) is 9.29 Å². The molecule has 0 amide bonds. The van der Waals surface area contributed by atoms with E-state index in [-0.39, 0.29) is 6.10 Å². The van der Waals surface area contributed by atoms with Gasteiger partial charge in [-0.3, -0.25) is 9.54 Å². The van der Waals surface area contributed by atoms with Crippen molar-refractivity contribution < 1.29 is 57.2 Å². The van der Waals surface area contributed by atoms with Crippen molar-refractivity contribution >= 4 is 20.9 Å². The van der Waals surface area contributed by atoms with Gasteiger partial charge in [-0.2, -0.15) is 47.9 Å². The summed E-state index contributed by atoms with van der Waals surface area (Å²) in [5, 5.41) is -4.62. The molecule has 0 saturated heterocycles. The highest BCUT2D eigenvalue weighted by Crippen LogP contribution is 2.54. The average molecular weight is 487 g/mol. The van der Waals surface area contributed by atoms with Crippen LogP contribution >= 0.6 is 0 Å². The van der Waals surface area contributed by atoms with Crippen LogP contribution in [0.5, 0.6) is 0 Å². The lowest BCUT2D eigenvalue weighted by Gasteiger charge is -2.31. The van der Waals surface area contributed by atoms with Gasteiger partial charge >= 0.3 is 33.4 Å². The summed E-state index contributed by atoms with van der Waals surface area (Å²) in [7, 11) is -5.46. The summed E-state index contributed by atoms with van der Waals surface area (Å²) >= 11 is 0. The fourth-order valence-corrected chi connectivity index (χ4v) is 2.55. The zero-order valence-corrected chi connectivity index (χ0v) is 16.3. The van der Waals surface area contributed by atoms with Crippen LogP contribution in [0.25, 0.3) is 10.8 Å². The standard InChI is InChI=1S/C12H13NO.C4HF9O3S/c1-9(14-2)12-11-6-4-3-5-10(11)7-8-13-12;5-1(6,3(9,10)11)2(7,8)4(12,13)17(14,15)16/h3-9H,1-2H3;(H,14,15,16). The molecule has 0 aliphatic carbocycles. The van der Waals surface area contributed by atoms with E-state index < -0.39 is 33.4 Å². The number of alkyl halides is 9. The molecule has 5 nitrogen and oxygen atoms in total. The maximum atomic E-state index is 12.2. The van der Waals surface area contributed by atoms with Gasteiger partial charge in [0.1, 0.15) is 0 Å². The number of ether oxygens (including phenoxy) is 1. The lowest BCUT2D eigenvalue weighted by Crippen LogP contribution is -2.63. The van der Waals surface area contributed by atoms with Crippen molar-refractivity contribution in [3.05, 3.63) is 42.2 Å². The van der Waals surface area contributed by atoms with Crippen LogP contribution < -0.4 is 0 Å². The van der Waals surface area contributed by atoms with Gasteiger partial charge in [0.15, 0.2) is 0 Å². The Balaban J connectivity index is 0.000000314. The number of fused-ring (bicyclic) bond motifs is 1. The Hall–Kier alpha value is -2.13. The SMILES string of the molecule is COC(C)c1nccc2ccccc12.O=S(=O)(O)C(F)(F)C(F)(F)C(F)(F)C(F)(F)F. The van der Waals surface area contributed by atoms with Crippen molar-refractivity contribution in [2.45, 2.75) is 36.3 Å². The zero-order valence-electron chi connectivity index (χ0n) is 15.5. The third-order valence-electron chi connectivity index (χ3n) is 3.88. The molecule has 1 aromatic carbocycles. The first-order valence-electron chi connectivity index (χ1n) is 7.86. The highest BCUT2D eigenvalue weighted by molar-refractivity contribution is 7.87. The minimum absolute atomic E-state index is 0.0427. The number of pyridine rings is 1. The molecule has 0 spiro atoms. The number of nitrogens with zero attached hydrogens (tertiary/aromatic N) is 1. The first-order valence-corrected chi connectivity index (χ1v) is 9.30. The average Bonchev–Trinajstić information content (AvgIpc) is 2.65. The van der Waals surface area contributed by atoms with Gasteiger partial charge in [-0.15, -0.1) is 0 Å². The van der Waals surface area contributed by atoms with Crippen LogP contribution in [-0.4, -0.2) is 48.3 Å². The summed E-state index contributed by atoms with van der Waals surface area (Å²) < 4.78 is 139. The number of benzene rings is 1. The molecule has 0 fully saturated rings. The van der Waals surface area contributed by atoms with E-state index in [1.54, 1.807) is 7.11 Å². The molecule has 1 unspecified atom stereocenters. The van der Waals surface area contributed by atoms with Crippen LogP contribution in [-0.2, 0) is 14.9 Å².